The first-order valence-electron chi connectivity index (χ1n) is 7.55. The van der Waals surface area contributed by atoms with Crippen molar-refractivity contribution < 1.29 is 9.90 Å². The van der Waals surface area contributed by atoms with Gasteiger partial charge in [-0.1, -0.05) is 12.7 Å². The third-order valence-corrected chi connectivity index (χ3v) is 4.78. The van der Waals surface area contributed by atoms with Crippen LogP contribution in [0.3, 0.4) is 0 Å². The lowest BCUT2D eigenvalue weighted by atomic mass is 9.83. The van der Waals surface area contributed by atoms with Crippen LogP contribution in [0.25, 0.3) is 0 Å². The predicted octanol–water partition coefficient (Wildman–Crippen LogP) is -0.716. The molecule has 2 fully saturated rings. The third-order valence-electron chi connectivity index (χ3n) is 4.78. The molecule has 6 heteroatoms. The summed E-state index contributed by atoms with van der Waals surface area (Å²) in [4.78, 5) is 13.9. The number of carboxylic acids is 1. The summed E-state index contributed by atoms with van der Waals surface area (Å²) in [6.45, 7) is 3.44. The van der Waals surface area contributed by atoms with Gasteiger partial charge in [-0.25, -0.2) is 0 Å². The maximum Gasteiger partial charge on any atom is 0.325 e. The van der Waals surface area contributed by atoms with Gasteiger partial charge >= 0.3 is 5.97 Å². The fourth-order valence-corrected chi connectivity index (χ4v) is 3.47. The summed E-state index contributed by atoms with van der Waals surface area (Å²) < 4.78 is 0. The van der Waals surface area contributed by atoms with Crippen molar-refractivity contribution in [1.29, 1.82) is 0 Å². The number of rotatable bonds is 5. The molecule has 0 bridgehead atoms. The molecule has 5 nitrogen and oxygen atoms in total. The molecule has 0 amide bonds. The highest BCUT2D eigenvalue weighted by Crippen LogP contribution is 2.32. The van der Waals surface area contributed by atoms with Crippen molar-refractivity contribution in [2.24, 2.45) is 11.7 Å². The van der Waals surface area contributed by atoms with E-state index in [1.54, 1.807) is 0 Å². The Bertz CT molecular complexity index is 323. The first-order valence-corrected chi connectivity index (χ1v) is 7.55. The second kappa shape index (κ2) is 6.24. The summed E-state index contributed by atoms with van der Waals surface area (Å²) in [6.07, 6.45) is 5.31. The monoisotopic (exact) mass is 267 g/mol. The molecule has 0 aromatic carbocycles. The van der Waals surface area contributed by atoms with Crippen LogP contribution in [0.5, 0.6) is 0 Å². The van der Waals surface area contributed by atoms with Gasteiger partial charge in [-0.05, 0) is 32.4 Å². The van der Waals surface area contributed by atoms with Crippen molar-refractivity contribution in [3.63, 3.8) is 0 Å². The molecule has 2 heterocycles. The first-order chi connectivity index (χ1) is 9.08. The van der Waals surface area contributed by atoms with Crippen LogP contribution in [0.4, 0.5) is 0 Å². The molecule has 0 aromatic rings. The smallest absolute Gasteiger partial charge is 0.325 e. The SMILES string of the molecule is BCCC[C@H]1CN(C2CCNCC2)C[C@@]1(N)C(=O)O. The Morgan fingerprint density at radius 1 is 1.47 bits per heavy atom. The Kier molecular flexibility index (Phi) is 4.87. The summed E-state index contributed by atoms with van der Waals surface area (Å²) in [5.74, 6) is -0.732. The molecule has 2 atom stereocenters. The molecule has 19 heavy (non-hydrogen) atoms. The lowest BCUT2D eigenvalue weighted by molar-refractivity contribution is -0.144. The number of nitrogens with zero attached hydrogens (tertiary/aromatic N) is 1. The van der Waals surface area contributed by atoms with Gasteiger partial charge in [0.1, 0.15) is 13.4 Å². The summed E-state index contributed by atoms with van der Waals surface area (Å²) in [7, 11) is 2.14. The first kappa shape index (κ1) is 14.8. The molecule has 4 N–H and O–H groups in total. The van der Waals surface area contributed by atoms with E-state index in [2.05, 4.69) is 18.1 Å². The molecule has 2 rings (SSSR count). The normalized spacial score (nSPS) is 33.6. The molecule has 2 aliphatic heterocycles. The van der Waals surface area contributed by atoms with Crippen LogP contribution >= 0.6 is 0 Å². The molecular weight excluding hydrogens is 241 g/mol. The molecule has 0 aromatic heterocycles. The van der Waals surface area contributed by atoms with Crippen molar-refractivity contribution in [3.8, 4) is 0 Å². The minimum absolute atomic E-state index is 0.0971. The quantitative estimate of drug-likeness (QED) is 0.573. The van der Waals surface area contributed by atoms with Gasteiger partial charge in [0.15, 0.2) is 0 Å². The number of aliphatic carboxylic acids is 1. The van der Waals surface area contributed by atoms with Crippen molar-refractivity contribution in [2.75, 3.05) is 26.2 Å². The van der Waals surface area contributed by atoms with Gasteiger partial charge in [-0.15, -0.1) is 0 Å². The molecule has 0 radical (unpaired) electrons. The fraction of sp³-hybridized carbons (Fsp3) is 0.923. The van der Waals surface area contributed by atoms with Gasteiger partial charge in [0.2, 0.25) is 0 Å². The van der Waals surface area contributed by atoms with Gasteiger partial charge in [-0.2, -0.15) is 0 Å². The zero-order valence-electron chi connectivity index (χ0n) is 11.9. The van der Waals surface area contributed by atoms with Gasteiger partial charge in [0, 0.05) is 25.0 Å². The molecular formula is C13H26BN3O2. The van der Waals surface area contributed by atoms with Gasteiger partial charge in [0.05, 0.1) is 0 Å². The zero-order valence-corrected chi connectivity index (χ0v) is 11.9. The molecule has 2 saturated heterocycles. The largest absolute Gasteiger partial charge is 0.480 e. The molecule has 0 aliphatic carbocycles. The third kappa shape index (κ3) is 3.12. The van der Waals surface area contributed by atoms with Gasteiger partial charge in [0.25, 0.3) is 0 Å². The van der Waals surface area contributed by atoms with E-state index >= 15 is 0 Å². The highest BCUT2D eigenvalue weighted by atomic mass is 16.4. The number of carboxylic acid groups (broad SMARTS) is 1. The molecule has 2 aliphatic rings. The maximum atomic E-state index is 11.6. The Hall–Kier alpha value is -0.585. The number of nitrogens with two attached hydrogens (primary N) is 1. The van der Waals surface area contributed by atoms with Crippen LogP contribution < -0.4 is 11.1 Å². The van der Waals surface area contributed by atoms with E-state index in [0.717, 1.165) is 51.6 Å². The fourth-order valence-electron chi connectivity index (χ4n) is 3.47. The maximum absolute atomic E-state index is 11.6. The number of nitrogens with one attached hydrogen (secondary N) is 1. The second-order valence-electron chi connectivity index (χ2n) is 6.10. The summed E-state index contributed by atoms with van der Waals surface area (Å²) >= 11 is 0. The standard InChI is InChI=1S/C13H26BN3O2/c14-5-1-2-10-8-17(9-13(10,15)12(18)19)11-3-6-16-7-4-11/h10-11,16H,1-9,14-15H2,(H,18,19)/t10-,13-/m0/s1. The Balaban J connectivity index is 2.03. The van der Waals surface area contributed by atoms with Crippen LogP contribution in [0, 0.1) is 5.92 Å². The Morgan fingerprint density at radius 3 is 2.74 bits per heavy atom. The highest BCUT2D eigenvalue weighted by molar-refractivity contribution is 6.08. The number of carbonyl (C=O) groups is 1. The summed E-state index contributed by atoms with van der Waals surface area (Å²) in [6, 6.07) is 0.509. The average molecular weight is 267 g/mol. The van der Waals surface area contributed by atoms with Crippen molar-refractivity contribution >= 4 is 13.8 Å². The molecule has 108 valence electrons. The van der Waals surface area contributed by atoms with Crippen molar-refractivity contribution in [1.82, 2.24) is 10.2 Å². The minimum atomic E-state index is -1.04. The summed E-state index contributed by atoms with van der Waals surface area (Å²) in [5, 5.41) is 12.8. The van der Waals surface area contributed by atoms with Crippen LogP contribution in [0.2, 0.25) is 6.32 Å². The highest BCUT2D eigenvalue weighted by Gasteiger charge is 2.50. The Labute approximate surface area is 116 Å². The second-order valence-corrected chi connectivity index (χ2v) is 6.10. The predicted molar refractivity (Wildman–Crippen MR) is 78.1 cm³/mol. The lowest BCUT2D eigenvalue weighted by Gasteiger charge is -2.32. The van der Waals surface area contributed by atoms with Gasteiger partial charge < -0.3 is 16.2 Å². The van der Waals surface area contributed by atoms with E-state index in [1.807, 2.05) is 0 Å². The number of piperidine rings is 1. The summed E-state index contributed by atoms with van der Waals surface area (Å²) in [5.41, 5.74) is 5.19. The van der Waals surface area contributed by atoms with Crippen LogP contribution in [-0.2, 0) is 4.79 Å². The van der Waals surface area contributed by atoms with E-state index in [1.165, 1.54) is 0 Å². The van der Waals surface area contributed by atoms with Crippen LogP contribution in [0.15, 0.2) is 0 Å². The van der Waals surface area contributed by atoms with E-state index < -0.39 is 11.5 Å². The van der Waals surface area contributed by atoms with E-state index in [9.17, 15) is 9.90 Å². The number of hydrogen-bond acceptors (Lipinski definition) is 4. The van der Waals surface area contributed by atoms with E-state index in [0.29, 0.717) is 12.6 Å². The zero-order chi connectivity index (χ0) is 13.9. The van der Waals surface area contributed by atoms with Gasteiger partial charge in [-0.3, -0.25) is 9.69 Å². The number of hydrogen-bond donors (Lipinski definition) is 3. The number of likely N-dealkylation sites (tertiary alicyclic amines) is 1. The molecule has 0 saturated carbocycles. The molecule has 0 spiro atoms. The minimum Gasteiger partial charge on any atom is -0.480 e. The van der Waals surface area contributed by atoms with Crippen molar-refractivity contribution in [2.45, 2.75) is 43.6 Å². The van der Waals surface area contributed by atoms with Crippen LogP contribution in [-0.4, -0.2) is 61.6 Å². The lowest BCUT2D eigenvalue weighted by Crippen LogP contribution is -2.55. The Morgan fingerprint density at radius 2 is 2.16 bits per heavy atom. The van der Waals surface area contributed by atoms with Crippen LogP contribution in [0.1, 0.15) is 25.7 Å². The van der Waals surface area contributed by atoms with Crippen molar-refractivity contribution in [3.05, 3.63) is 0 Å². The van der Waals surface area contributed by atoms with E-state index in [-0.39, 0.29) is 5.92 Å². The average Bonchev–Trinajstić information content (AvgIpc) is 2.76. The van der Waals surface area contributed by atoms with E-state index in [4.69, 9.17) is 5.73 Å². The topological polar surface area (TPSA) is 78.6 Å². The molecule has 0 unspecified atom stereocenters.